The molecule has 0 bridgehead atoms. The first-order valence-corrected chi connectivity index (χ1v) is 8.80. The molecule has 0 aliphatic carbocycles. The van der Waals surface area contributed by atoms with Crippen molar-refractivity contribution in [3.63, 3.8) is 0 Å². The van der Waals surface area contributed by atoms with Crippen molar-refractivity contribution < 1.29 is 23.9 Å². The summed E-state index contributed by atoms with van der Waals surface area (Å²) in [6.07, 6.45) is 0. The molecular weight excluding hydrogens is 386 g/mol. The molecule has 1 aromatic heterocycles. The highest BCUT2D eigenvalue weighted by Crippen LogP contribution is 2.42. The fraction of sp³-hybridized carbons (Fsp3) is 0.222. The number of methoxy groups -OCH3 is 4. The van der Waals surface area contributed by atoms with E-state index in [9.17, 15) is 10.1 Å². The third kappa shape index (κ3) is 3.54. The van der Waals surface area contributed by atoms with E-state index in [2.05, 4.69) is 10.2 Å². The Morgan fingerprint density at radius 2 is 1.39 bits per heavy atom. The maximum atomic E-state index is 11.5. The van der Waals surface area contributed by atoms with Crippen LogP contribution in [0.4, 0.5) is 5.69 Å². The minimum absolute atomic E-state index is 0.146. The zero-order valence-electron chi connectivity index (χ0n) is 15.6. The van der Waals surface area contributed by atoms with E-state index >= 15 is 0 Å². The van der Waals surface area contributed by atoms with Crippen molar-refractivity contribution in [2.45, 2.75) is 0 Å². The fourth-order valence-corrected chi connectivity index (χ4v) is 3.47. The van der Waals surface area contributed by atoms with Crippen LogP contribution >= 0.6 is 11.3 Å². The zero-order chi connectivity index (χ0) is 20.3. The first-order chi connectivity index (χ1) is 13.5. The number of nitrogens with zero attached hydrogens (tertiary/aromatic N) is 3. The molecule has 0 N–H and O–H groups in total. The molecule has 0 aliphatic rings. The highest BCUT2D eigenvalue weighted by Gasteiger charge is 2.24. The standard InChI is InChI=1S/C18H17N3O6S/c1-24-13-6-5-10(7-14(13)25-2)17-19-20-18(28-17)11-8-15(26-3)16(27-4)9-12(11)21(22)23/h5-9H,1-4H3. The van der Waals surface area contributed by atoms with Gasteiger partial charge in [0.1, 0.15) is 5.01 Å². The lowest BCUT2D eigenvalue weighted by Gasteiger charge is -2.09. The van der Waals surface area contributed by atoms with Gasteiger partial charge in [-0.1, -0.05) is 11.3 Å². The summed E-state index contributed by atoms with van der Waals surface area (Å²) >= 11 is 1.22. The van der Waals surface area contributed by atoms with Crippen molar-refractivity contribution in [3.05, 3.63) is 40.4 Å². The molecule has 9 nitrogen and oxygen atoms in total. The predicted octanol–water partition coefficient (Wildman–Crippen LogP) is 3.81. The number of nitro benzene ring substituents is 1. The van der Waals surface area contributed by atoms with Gasteiger partial charge in [-0.05, 0) is 18.2 Å². The SMILES string of the molecule is COc1ccc(-c2nnc(-c3cc(OC)c(OC)cc3[N+](=O)[O-])s2)cc1OC. The van der Waals surface area contributed by atoms with Gasteiger partial charge >= 0.3 is 0 Å². The number of hydrogen-bond acceptors (Lipinski definition) is 9. The van der Waals surface area contributed by atoms with E-state index in [0.717, 1.165) is 5.56 Å². The van der Waals surface area contributed by atoms with Gasteiger partial charge < -0.3 is 18.9 Å². The van der Waals surface area contributed by atoms with Gasteiger partial charge in [-0.25, -0.2) is 0 Å². The number of benzene rings is 2. The van der Waals surface area contributed by atoms with Crippen molar-refractivity contribution in [2.75, 3.05) is 28.4 Å². The molecule has 0 fully saturated rings. The van der Waals surface area contributed by atoms with Crippen molar-refractivity contribution in [3.8, 4) is 44.1 Å². The van der Waals surface area contributed by atoms with E-state index in [0.29, 0.717) is 32.8 Å². The van der Waals surface area contributed by atoms with Crippen LogP contribution in [0, 0.1) is 10.1 Å². The molecule has 0 saturated carbocycles. The third-order valence-corrected chi connectivity index (χ3v) is 4.99. The lowest BCUT2D eigenvalue weighted by Crippen LogP contribution is -1.96. The maximum absolute atomic E-state index is 11.5. The molecule has 2 aromatic carbocycles. The first-order valence-electron chi connectivity index (χ1n) is 7.99. The average molecular weight is 403 g/mol. The molecule has 0 amide bonds. The molecule has 0 aliphatic heterocycles. The monoisotopic (exact) mass is 403 g/mol. The zero-order valence-corrected chi connectivity index (χ0v) is 16.4. The Morgan fingerprint density at radius 1 is 0.821 bits per heavy atom. The van der Waals surface area contributed by atoms with Gasteiger partial charge in [-0.2, -0.15) is 0 Å². The highest BCUT2D eigenvalue weighted by atomic mass is 32.1. The van der Waals surface area contributed by atoms with Gasteiger partial charge in [0.15, 0.2) is 28.0 Å². The molecule has 146 valence electrons. The molecule has 0 spiro atoms. The van der Waals surface area contributed by atoms with Crippen LogP contribution in [0.15, 0.2) is 30.3 Å². The molecule has 0 radical (unpaired) electrons. The van der Waals surface area contributed by atoms with Crippen LogP contribution in [0.25, 0.3) is 21.1 Å². The molecule has 1 heterocycles. The van der Waals surface area contributed by atoms with Gasteiger partial charge in [-0.15, -0.1) is 10.2 Å². The van der Waals surface area contributed by atoms with E-state index in [1.165, 1.54) is 37.7 Å². The summed E-state index contributed by atoms with van der Waals surface area (Å²) < 4.78 is 21.0. The minimum Gasteiger partial charge on any atom is -0.493 e. The molecule has 0 atom stereocenters. The summed E-state index contributed by atoms with van der Waals surface area (Å²) in [6, 6.07) is 8.18. The second kappa shape index (κ2) is 8.09. The maximum Gasteiger partial charge on any atom is 0.283 e. The Labute approximate surface area is 164 Å². The van der Waals surface area contributed by atoms with E-state index < -0.39 is 4.92 Å². The van der Waals surface area contributed by atoms with Crippen LogP contribution in [0.1, 0.15) is 0 Å². The summed E-state index contributed by atoms with van der Waals surface area (Å²) in [4.78, 5) is 11.0. The van der Waals surface area contributed by atoms with Gasteiger partial charge in [0.25, 0.3) is 5.69 Å². The Kier molecular flexibility index (Phi) is 5.59. The molecule has 10 heteroatoms. The minimum atomic E-state index is -0.491. The van der Waals surface area contributed by atoms with Crippen molar-refractivity contribution in [2.24, 2.45) is 0 Å². The van der Waals surface area contributed by atoms with Crippen LogP contribution in [-0.4, -0.2) is 43.6 Å². The van der Waals surface area contributed by atoms with Gasteiger partial charge in [0, 0.05) is 11.6 Å². The molecule has 0 unspecified atom stereocenters. The topological polar surface area (TPSA) is 106 Å². The van der Waals surface area contributed by atoms with E-state index in [1.807, 2.05) is 6.07 Å². The van der Waals surface area contributed by atoms with E-state index in [4.69, 9.17) is 18.9 Å². The fourth-order valence-electron chi connectivity index (χ4n) is 2.61. The largest absolute Gasteiger partial charge is 0.493 e. The van der Waals surface area contributed by atoms with Crippen LogP contribution in [-0.2, 0) is 0 Å². The van der Waals surface area contributed by atoms with Crippen LogP contribution in [0.5, 0.6) is 23.0 Å². The second-order valence-electron chi connectivity index (χ2n) is 5.46. The quantitative estimate of drug-likeness (QED) is 0.433. The van der Waals surface area contributed by atoms with Gasteiger partial charge in [0.05, 0.1) is 45.0 Å². The Balaban J connectivity index is 2.08. The van der Waals surface area contributed by atoms with Crippen molar-refractivity contribution >= 4 is 17.0 Å². The molecular formula is C18H17N3O6S. The third-order valence-electron chi connectivity index (χ3n) is 3.98. The summed E-state index contributed by atoms with van der Waals surface area (Å²) in [6.45, 7) is 0. The Bertz CT molecular complexity index is 1020. The summed E-state index contributed by atoms with van der Waals surface area (Å²) in [5, 5.41) is 20.8. The summed E-state index contributed by atoms with van der Waals surface area (Å²) in [5.41, 5.74) is 0.907. The highest BCUT2D eigenvalue weighted by molar-refractivity contribution is 7.18. The van der Waals surface area contributed by atoms with Gasteiger partial charge in [0.2, 0.25) is 0 Å². The predicted molar refractivity (Wildman–Crippen MR) is 104 cm³/mol. The smallest absolute Gasteiger partial charge is 0.283 e. The molecule has 3 rings (SSSR count). The van der Waals surface area contributed by atoms with Crippen molar-refractivity contribution in [1.29, 1.82) is 0 Å². The van der Waals surface area contributed by atoms with Gasteiger partial charge in [-0.3, -0.25) is 10.1 Å². The van der Waals surface area contributed by atoms with E-state index in [1.54, 1.807) is 26.4 Å². The van der Waals surface area contributed by atoms with Crippen LogP contribution in [0.3, 0.4) is 0 Å². The Hall–Kier alpha value is -3.40. The number of nitro groups is 1. The first kappa shape index (κ1) is 19.4. The van der Waals surface area contributed by atoms with E-state index in [-0.39, 0.29) is 11.4 Å². The van der Waals surface area contributed by atoms with Crippen LogP contribution < -0.4 is 18.9 Å². The summed E-state index contributed by atoms with van der Waals surface area (Å²) in [7, 11) is 5.97. The normalized spacial score (nSPS) is 10.4. The molecule has 3 aromatic rings. The number of hydrogen-bond donors (Lipinski definition) is 0. The van der Waals surface area contributed by atoms with Crippen LogP contribution in [0.2, 0.25) is 0 Å². The number of ether oxygens (including phenoxy) is 4. The lowest BCUT2D eigenvalue weighted by atomic mass is 10.1. The average Bonchev–Trinajstić information content (AvgIpc) is 3.22. The summed E-state index contributed by atoms with van der Waals surface area (Å²) in [5.74, 6) is 1.77. The lowest BCUT2D eigenvalue weighted by molar-refractivity contribution is -0.384. The number of rotatable bonds is 7. The molecule has 0 saturated heterocycles. The second-order valence-corrected chi connectivity index (χ2v) is 6.44. The Morgan fingerprint density at radius 3 is 2.00 bits per heavy atom. The van der Waals surface area contributed by atoms with Crippen molar-refractivity contribution in [1.82, 2.24) is 10.2 Å². The molecule has 28 heavy (non-hydrogen) atoms. The number of aromatic nitrogens is 2.